The van der Waals surface area contributed by atoms with E-state index < -0.39 is 70.8 Å². The predicted molar refractivity (Wildman–Crippen MR) is 83.2 cm³/mol. The van der Waals surface area contributed by atoms with Crippen LogP contribution in [0.4, 0.5) is 0 Å². The summed E-state index contributed by atoms with van der Waals surface area (Å²) in [6, 6.07) is 2.55. The second-order valence-corrected chi connectivity index (χ2v) is 10.3. The number of fused-ring (bicyclic) bond motifs is 1. The lowest BCUT2D eigenvalue weighted by Gasteiger charge is -2.14. The minimum atomic E-state index is -5.66. The van der Waals surface area contributed by atoms with Crippen molar-refractivity contribution in [2.24, 2.45) is 0 Å². The lowest BCUT2D eigenvalue weighted by Crippen LogP contribution is -2.15. The molecule has 0 aliphatic carbocycles. The van der Waals surface area contributed by atoms with Gasteiger partial charge in [0.1, 0.15) is 19.6 Å². The summed E-state index contributed by atoms with van der Waals surface area (Å²) >= 11 is 0. The number of rotatable bonds is 4. The summed E-state index contributed by atoms with van der Waals surface area (Å²) in [5.41, 5.74) is 0. The highest BCUT2D eigenvalue weighted by atomic mass is 32.2. The van der Waals surface area contributed by atoms with Gasteiger partial charge < -0.3 is 0 Å². The van der Waals surface area contributed by atoms with Crippen molar-refractivity contribution < 1.29 is 51.9 Å². The molecule has 144 valence electrons. The molecule has 0 fully saturated rings. The van der Waals surface area contributed by atoms with Crippen LogP contribution in [0, 0.1) is 0 Å². The highest BCUT2D eigenvalue weighted by molar-refractivity contribution is 7.90. The van der Waals surface area contributed by atoms with Crippen LogP contribution in [0.5, 0.6) is 0 Å². The van der Waals surface area contributed by atoms with Crippen molar-refractivity contribution in [1.82, 2.24) is 0 Å². The van der Waals surface area contributed by atoms with Gasteiger partial charge in [-0.25, -0.2) is 0 Å². The average Bonchev–Trinajstić information content (AvgIpc) is 2.40. The molecule has 4 N–H and O–H groups in total. The predicted octanol–water partition coefficient (Wildman–Crippen LogP) is -0.173. The Morgan fingerprint density at radius 3 is 1.38 bits per heavy atom. The van der Waals surface area contributed by atoms with Crippen LogP contribution in [0.25, 0.3) is 10.8 Å². The normalized spacial score (nSPS) is 13.8. The van der Waals surface area contributed by atoms with E-state index in [0.29, 0.717) is 6.07 Å². The van der Waals surface area contributed by atoms with Gasteiger partial charge in [0.05, 0.1) is 0 Å². The third-order valence-electron chi connectivity index (χ3n) is 3.09. The van der Waals surface area contributed by atoms with Crippen LogP contribution < -0.4 is 0 Å². The molecule has 0 amide bonds. The van der Waals surface area contributed by atoms with Gasteiger partial charge in [0, 0.05) is 10.8 Å². The fraction of sp³-hybridized carbons (Fsp3) is 0. The zero-order chi connectivity index (χ0) is 20.3. The Labute approximate surface area is 147 Å². The third-order valence-corrected chi connectivity index (χ3v) is 7.02. The maximum Gasteiger partial charge on any atom is 0.297 e. The Morgan fingerprint density at radius 1 is 0.538 bits per heavy atom. The topological polar surface area (TPSA) is 217 Å². The molecule has 0 bridgehead atoms. The molecule has 0 heterocycles. The van der Waals surface area contributed by atoms with Gasteiger partial charge in [0.2, 0.25) is 0 Å². The lowest BCUT2D eigenvalue weighted by molar-refractivity contribution is 0.457. The van der Waals surface area contributed by atoms with Crippen molar-refractivity contribution >= 4 is 51.2 Å². The Kier molecular flexibility index (Phi) is 4.71. The SMILES string of the molecule is O=S(=O)(O)c1cc2c(S(=O)(=O)O)cccc2c(S(=O)(=O)O)c1S(=O)(=O)O. The molecule has 16 heteroatoms. The van der Waals surface area contributed by atoms with Gasteiger partial charge in [-0.15, -0.1) is 0 Å². The Morgan fingerprint density at radius 2 is 1.00 bits per heavy atom. The van der Waals surface area contributed by atoms with E-state index in [2.05, 4.69) is 0 Å². The summed E-state index contributed by atoms with van der Waals surface area (Å²) in [6.07, 6.45) is 0. The highest BCUT2D eigenvalue weighted by Gasteiger charge is 2.35. The zero-order valence-corrected chi connectivity index (χ0v) is 15.3. The molecular formula is C10H8O12S4. The quantitative estimate of drug-likeness (QED) is 0.448. The molecule has 2 rings (SSSR count). The van der Waals surface area contributed by atoms with E-state index in [4.69, 9.17) is 0 Å². The molecule has 0 saturated carbocycles. The van der Waals surface area contributed by atoms with Gasteiger partial charge in [0.15, 0.2) is 0 Å². The second-order valence-electron chi connectivity index (χ2n) is 4.78. The van der Waals surface area contributed by atoms with Crippen LogP contribution in [0.1, 0.15) is 0 Å². The summed E-state index contributed by atoms with van der Waals surface area (Å²) in [4.78, 5) is -6.36. The first-order chi connectivity index (χ1) is 11.5. The van der Waals surface area contributed by atoms with Crippen molar-refractivity contribution in [1.29, 1.82) is 0 Å². The molecule has 0 aliphatic rings. The van der Waals surface area contributed by atoms with E-state index in [1.54, 1.807) is 0 Å². The van der Waals surface area contributed by atoms with E-state index >= 15 is 0 Å². The molecule has 0 radical (unpaired) electrons. The van der Waals surface area contributed by atoms with E-state index in [-0.39, 0.29) is 6.07 Å². The van der Waals surface area contributed by atoms with Crippen LogP contribution in [-0.4, -0.2) is 51.9 Å². The standard InChI is InChI=1S/C10H8O12S4/c11-23(12,13)7-3-1-2-5-6(7)4-8(24(14,15)16)10(26(20,21)22)9(5)25(17,18)19/h1-4H,(H,11,12,13)(H,14,15,16)(H,17,18,19)(H,20,21,22). The minimum Gasteiger partial charge on any atom is -0.282 e. The molecule has 2 aromatic carbocycles. The molecule has 0 aliphatic heterocycles. The van der Waals surface area contributed by atoms with Gasteiger partial charge in [-0.05, 0) is 12.1 Å². The van der Waals surface area contributed by atoms with Crippen LogP contribution >= 0.6 is 0 Å². The Hall–Kier alpha value is -1.66. The molecule has 12 nitrogen and oxygen atoms in total. The summed E-state index contributed by atoms with van der Waals surface area (Å²) in [7, 11) is -21.9. The molecule has 0 aromatic heterocycles. The largest absolute Gasteiger partial charge is 0.297 e. The van der Waals surface area contributed by atoms with Crippen molar-refractivity contribution in [3.63, 3.8) is 0 Å². The van der Waals surface area contributed by atoms with Crippen molar-refractivity contribution in [3.8, 4) is 0 Å². The fourth-order valence-electron chi connectivity index (χ4n) is 2.24. The van der Waals surface area contributed by atoms with Crippen molar-refractivity contribution in [3.05, 3.63) is 24.3 Å². The first-order valence-electron chi connectivity index (χ1n) is 5.95. The van der Waals surface area contributed by atoms with Gasteiger partial charge in [-0.3, -0.25) is 18.2 Å². The maximum absolute atomic E-state index is 11.6. The van der Waals surface area contributed by atoms with Gasteiger partial charge in [0.25, 0.3) is 40.5 Å². The Balaban J connectivity index is 3.45. The molecule has 26 heavy (non-hydrogen) atoms. The maximum atomic E-state index is 11.6. The van der Waals surface area contributed by atoms with E-state index in [1.807, 2.05) is 0 Å². The lowest BCUT2D eigenvalue weighted by atomic mass is 10.1. The summed E-state index contributed by atoms with van der Waals surface area (Å²) in [6.45, 7) is 0. The smallest absolute Gasteiger partial charge is 0.282 e. The number of benzene rings is 2. The first-order valence-corrected chi connectivity index (χ1v) is 11.7. The summed E-state index contributed by atoms with van der Waals surface area (Å²) < 4.78 is 129. The Bertz CT molecular complexity index is 1350. The van der Waals surface area contributed by atoms with Gasteiger partial charge in [-0.1, -0.05) is 12.1 Å². The minimum absolute atomic E-state index is 0.214. The molecule has 0 atom stereocenters. The van der Waals surface area contributed by atoms with E-state index in [0.717, 1.165) is 12.1 Å². The van der Waals surface area contributed by atoms with Crippen molar-refractivity contribution in [2.75, 3.05) is 0 Å². The molecule has 2 aromatic rings. The van der Waals surface area contributed by atoms with Gasteiger partial charge >= 0.3 is 0 Å². The zero-order valence-electron chi connectivity index (χ0n) is 12.0. The van der Waals surface area contributed by atoms with Crippen LogP contribution in [0.15, 0.2) is 43.8 Å². The van der Waals surface area contributed by atoms with Crippen LogP contribution in [-0.2, 0) is 40.5 Å². The third kappa shape index (κ3) is 3.71. The molecular weight excluding hydrogens is 440 g/mol. The number of hydrogen-bond donors (Lipinski definition) is 4. The van der Waals surface area contributed by atoms with E-state index in [1.165, 1.54) is 0 Å². The van der Waals surface area contributed by atoms with Crippen molar-refractivity contribution in [2.45, 2.75) is 19.6 Å². The van der Waals surface area contributed by atoms with Gasteiger partial charge in [-0.2, -0.15) is 33.7 Å². The van der Waals surface area contributed by atoms with Crippen LogP contribution in [0.3, 0.4) is 0 Å². The summed E-state index contributed by atoms with van der Waals surface area (Å²) in [5.74, 6) is 0. The average molecular weight is 448 g/mol. The fourth-order valence-corrected chi connectivity index (χ4v) is 6.32. The van der Waals surface area contributed by atoms with E-state index in [9.17, 15) is 51.9 Å². The first kappa shape index (κ1) is 20.6. The second kappa shape index (κ2) is 5.92. The highest BCUT2D eigenvalue weighted by Crippen LogP contribution is 2.37. The molecule has 0 saturated heterocycles. The molecule has 0 unspecified atom stereocenters. The molecule has 0 spiro atoms. The van der Waals surface area contributed by atoms with Crippen LogP contribution in [0.2, 0.25) is 0 Å². The monoisotopic (exact) mass is 448 g/mol. The summed E-state index contributed by atoms with van der Waals surface area (Å²) in [5, 5.41) is -1.72. The number of hydrogen-bond acceptors (Lipinski definition) is 8.